The van der Waals surface area contributed by atoms with Crippen LogP contribution < -0.4 is 0 Å². The van der Waals surface area contributed by atoms with Gasteiger partial charge in [-0.15, -0.1) is 0 Å². The number of likely N-dealkylation sites (tertiary alicyclic amines) is 1. The van der Waals surface area contributed by atoms with Gasteiger partial charge in [0.05, 0.1) is 0 Å². The average molecular weight is 375 g/mol. The molecule has 0 bridgehead atoms. The smallest absolute Gasteiger partial charge is 0.165 e. The third-order valence-electron chi connectivity index (χ3n) is 6.18. The lowest BCUT2D eigenvalue weighted by molar-refractivity contribution is 0.0963. The van der Waals surface area contributed by atoms with E-state index in [-0.39, 0.29) is 0 Å². The molecule has 2 aromatic carbocycles. The molecule has 4 rings (SSSR count). The van der Waals surface area contributed by atoms with Crippen molar-refractivity contribution in [2.75, 3.05) is 13.1 Å². The van der Waals surface area contributed by atoms with E-state index in [1.165, 1.54) is 24.0 Å². The number of Topliss-reactive ketones (excluding diaryl/α,β-unsaturated/α-hetero) is 1. The van der Waals surface area contributed by atoms with Crippen molar-refractivity contribution in [2.45, 2.75) is 39.2 Å². The fraction of sp³-hybridized carbons (Fsp3) is 0.400. The van der Waals surface area contributed by atoms with Gasteiger partial charge < -0.3 is 4.57 Å². The molecule has 0 N–H and O–H groups in total. The Morgan fingerprint density at radius 3 is 2.57 bits per heavy atom. The molecule has 0 radical (unpaired) electrons. The molecular weight excluding hydrogens is 344 g/mol. The zero-order chi connectivity index (χ0) is 19.5. The minimum Gasteiger partial charge on any atom is -0.350 e. The number of piperidine rings is 1. The summed E-state index contributed by atoms with van der Waals surface area (Å²) in [5.41, 5.74) is 4.63. The molecule has 0 spiro atoms. The average Bonchev–Trinajstić information content (AvgIpc) is 3.04. The Hall–Kier alpha value is -2.39. The molecule has 1 aliphatic heterocycles. The van der Waals surface area contributed by atoms with Gasteiger partial charge in [-0.1, -0.05) is 42.0 Å². The highest BCUT2D eigenvalue weighted by atomic mass is 16.1. The molecule has 1 saturated heterocycles. The van der Waals surface area contributed by atoms with Crippen LogP contribution in [-0.4, -0.2) is 28.3 Å². The Bertz CT molecular complexity index is 949. The van der Waals surface area contributed by atoms with Crippen molar-refractivity contribution in [3.05, 3.63) is 71.4 Å². The predicted octanol–water partition coefficient (Wildman–Crippen LogP) is 5.36. The van der Waals surface area contributed by atoms with Gasteiger partial charge in [-0.05, 0) is 62.9 Å². The van der Waals surface area contributed by atoms with Gasteiger partial charge in [-0.25, -0.2) is 0 Å². The van der Waals surface area contributed by atoms with Crippen molar-refractivity contribution in [3.8, 4) is 0 Å². The van der Waals surface area contributed by atoms with Crippen molar-refractivity contribution in [1.29, 1.82) is 0 Å². The monoisotopic (exact) mass is 374 g/mol. The minimum absolute atomic E-state index is 0.294. The van der Waals surface area contributed by atoms with Gasteiger partial charge in [0, 0.05) is 42.7 Å². The van der Waals surface area contributed by atoms with Crippen LogP contribution >= 0.6 is 0 Å². The Kier molecular flexibility index (Phi) is 5.63. The quantitative estimate of drug-likeness (QED) is 0.543. The number of fused-ring (bicyclic) bond motifs is 1. The summed E-state index contributed by atoms with van der Waals surface area (Å²) in [6, 6.07) is 17.1. The normalized spacial score (nSPS) is 15.9. The molecule has 3 heteroatoms. The third kappa shape index (κ3) is 4.20. The molecular formula is C25H30N2O. The molecule has 1 fully saturated rings. The van der Waals surface area contributed by atoms with E-state index in [2.05, 4.69) is 64.9 Å². The fourth-order valence-corrected chi connectivity index (χ4v) is 4.47. The van der Waals surface area contributed by atoms with Gasteiger partial charge >= 0.3 is 0 Å². The molecule has 0 unspecified atom stereocenters. The fourth-order valence-electron chi connectivity index (χ4n) is 4.47. The molecule has 1 aliphatic rings. The molecule has 146 valence electrons. The Balaban J connectivity index is 1.31. The minimum atomic E-state index is 0.294. The summed E-state index contributed by atoms with van der Waals surface area (Å²) in [4.78, 5) is 15.5. The predicted molar refractivity (Wildman–Crippen MR) is 116 cm³/mol. The van der Waals surface area contributed by atoms with Crippen LogP contribution in [0, 0.1) is 12.8 Å². The van der Waals surface area contributed by atoms with Crippen LogP contribution in [0.2, 0.25) is 0 Å². The number of carbonyl (C=O) groups is 1. The third-order valence-corrected chi connectivity index (χ3v) is 6.18. The molecule has 0 atom stereocenters. The van der Waals surface area contributed by atoms with Crippen molar-refractivity contribution < 1.29 is 4.79 Å². The molecule has 0 saturated carbocycles. The lowest BCUT2D eigenvalue weighted by Gasteiger charge is -2.32. The second-order valence-electron chi connectivity index (χ2n) is 8.34. The number of rotatable bonds is 6. The SMILES string of the molecule is Cc1ccc2c(c1)c(C(=O)CCC1CCN(Cc3ccccc3)CC1)cn2C. The second kappa shape index (κ2) is 8.32. The van der Waals surface area contributed by atoms with Crippen molar-refractivity contribution in [2.24, 2.45) is 13.0 Å². The van der Waals surface area contributed by atoms with Crippen LogP contribution in [0.15, 0.2) is 54.7 Å². The first-order chi connectivity index (χ1) is 13.6. The van der Waals surface area contributed by atoms with Crippen LogP contribution in [0.5, 0.6) is 0 Å². The highest BCUT2D eigenvalue weighted by molar-refractivity contribution is 6.08. The number of benzene rings is 2. The first kappa shape index (κ1) is 18.9. The molecule has 3 aromatic rings. The standard InChI is InChI=1S/C25H30N2O/c1-19-8-10-24-22(16-19)23(18-26(24)2)25(28)11-9-20-12-14-27(15-13-20)17-21-6-4-3-5-7-21/h3-8,10,16,18,20H,9,11-15,17H2,1-2H3. The summed E-state index contributed by atoms with van der Waals surface area (Å²) in [6.45, 7) is 5.41. The first-order valence-electron chi connectivity index (χ1n) is 10.5. The second-order valence-corrected chi connectivity index (χ2v) is 8.34. The molecule has 3 nitrogen and oxygen atoms in total. The van der Waals surface area contributed by atoms with Crippen LogP contribution in [0.25, 0.3) is 10.9 Å². The number of aryl methyl sites for hydroxylation is 2. The molecule has 0 aliphatic carbocycles. The van der Waals surface area contributed by atoms with Gasteiger partial charge in [0.1, 0.15) is 0 Å². The number of carbonyl (C=O) groups excluding carboxylic acids is 1. The summed E-state index contributed by atoms with van der Waals surface area (Å²) in [5.74, 6) is 0.968. The molecule has 1 aromatic heterocycles. The zero-order valence-corrected chi connectivity index (χ0v) is 17.0. The maximum atomic E-state index is 12.9. The Morgan fingerprint density at radius 1 is 1.07 bits per heavy atom. The molecule has 2 heterocycles. The highest BCUT2D eigenvalue weighted by Crippen LogP contribution is 2.27. The number of ketones is 1. The van der Waals surface area contributed by atoms with E-state index < -0.39 is 0 Å². The Morgan fingerprint density at radius 2 is 1.82 bits per heavy atom. The van der Waals surface area contributed by atoms with E-state index in [0.717, 1.165) is 42.5 Å². The van der Waals surface area contributed by atoms with Gasteiger partial charge in [0.15, 0.2) is 5.78 Å². The van der Waals surface area contributed by atoms with Crippen molar-refractivity contribution >= 4 is 16.7 Å². The zero-order valence-electron chi connectivity index (χ0n) is 17.0. The van der Waals surface area contributed by atoms with Crippen molar-refractivity contribution in [1.82, 2.24) is 9.47 Å². The maximum Gasteiger partial charge on any atom is 0.165 e. The van der Waals surface area contributed by atoms with Gasteiger partial charge in [-0.3, -0.25) is 9.69 Å². The number of hydrogen-bond acceptors (Lipinski definition) is 2. The Labute approximate surface area is 168 Å². The van der Waals surface area contributed by atoms with Crippen LogP contribution in [0.4, 0.5) is 0 Å². The topological polar surface area (TPSA) is 25.2 Å². The van der Waals surface area contributed by atoms with E-state index in [0.29, 0.717) is 18.1 Å². The maximum absolute atomic E-state index is 12.9. The van der Waals surface area contributed by atoms with E-state index in [4.69, 9.17) is 0 Å². The highest BCUT2D eigenvalue weighted by Gasteiger charge is 2.21. The summed E-state index contributed by atoms with van der Waals surface area (Å²) in [5, 5.41) is 1.10. The lowest BCUT2D eigenvalue weighted by Crippen LogP contribution is -2.33. The largest absolute Gasteiger partial charge is 0.350 e. The lowest BCUT2D eigenvalue weighted by atomic mass is 9.90. The van der Waals surface area contributed by atoms with E-state index >= 15 is 0 Å². The van der Waals surface area contributed by atoms with Crippen LogP contribution in [0.3, 0.4) is 0 Å². The van der Waals surface area contributed by atoms with E-state index in [1.807, 2.05) is 13.2 Å². The summed E-state index contributed by atoms with van der Waals surface area (Å²) >= 11 is 0. The summed E-state index contributed by atoms with van der Waals surface area (Å²) < 4.78 is 2.07. The molecule has 0 amide bonds. The van der Waals surface area contributed by atoms with E-state index in [9.17, 15) is 4.79 Å². The number of aromatic nitrogens is 1. The van der Waals surface area contributed by atoms with Gasteiger partial charge in [-0.2, -0.15) is 0 Å². The van der Waals surface area contributed by atoms with Gasteiger partial charge in [0.25, 0.3) is 0 Å². The van der Waals surface area contributed by atoms with Crippen molar-refractivity contribution in [3.63, 3.8) is 0 Å². The van der Waals surface area contributed by atoms with Gasteiger partial charge in [0.2, 0.25) is 0 Å². The summed E-state index contributed by atoms with van der Waals surface area (Å²) in [6.07, 6.45) is 6.09. The summed E-state index contributed by atoms with van der Waals surface area (Å²) in [7, 11) is 2.02. The first-order valence-corrected chi connectivity index (χ1v) is 10.5. The molecule has 28 heavy (non-hydrogen) atoms. The van der Waals surface area contributed by atoms with Crippen LogP contribution in [0.1, 0.15) is 47.2 Å². The van der Waals surface area contributed by atoms with E-state index in [1.54, 1.807) is 0 Å². The number of hydrogen-bond donors (Lipinski definition) is 0. The van der Waals surface area contributed by atoms with Crippen LogP contribution in [-0.2, 0) is 13.6 Å². The number of nitrogens with zero attached hydrogens (tertiary/aromatic N) is 2.